The average Bonchev–Trinajstić information content (AvgIpc) is 3.35. The van der Waals surface area contributed by atoms with Gasteiger partial charge in [0.15, 0.2) is 0 Å². The fourth-order valence-electron chi connectivity index (χ4n) is 3.52. The first-order valence-electron chi connectivity index (χ1n) is 10.8. The number of aldehydes is 1. The number of carbonyl (C=O) groups excluding carboxylic acids is 3. The molecule has 2 amide bonds. The van der Waals surface area contributed by atoms with Crippen molar-refractivity contribution in [2.45, 2.75) is 37.6 Å². The lowest BCUT2D eigenvalue weighted by Gasteiger charge is -2.18. The summed E-state index contributed by atoms with van der Waals surface area (Å²) in [6.07, 6.45) is 1.65. The van der Waals surface area contributed by atoms with E-state index >= 15 is 0 Å². The number of benzene rings is 1. The van der Waals surface area contributed by atoms with Crippen molar-refractivity contribution in [2.75, 3.05) is 6.54 Å². The molecular weight excluding hydrogens is 458 g/mol. The lowest BCUT2D eigenvalue weighted by Crippen LogP contribution is -2.40. The summed E-state index contributed by atoms with van der Waals surface area (Å²) < 4.78 is 0. The van der Waals surface area contributed by atoms with Gasteiger partial charge in [0.2, 0.25) is 5.91 Å². The Bertz CT molecular complexity index is 1160. The Morgan fingerprint density at radius 1 is 1.09 bits per heavy atom. The number of aromatic nitrogens is 1. The molecule has 0 aliphatic heterocycles. The average molecular weight is 484 g/mol. The van der Waals surface area contributed by atoms with E-state index in [0.29, 0.717) is 37.6 Å². The van der Waals surface area contributed by atoms with Crippen molar-refractivity contribution in [3.05, 3.63) is 58.4 Å². The molecule has 0 unspecified atom stereocenters. The van der Waals surface area contributed by atoms with Gasteiger partial charge in [0.25, 0.3) is 5.91 Å². The van der Waals surface area contributed by atoms with E-state index in [4.69, 9.17) is 5.11 Å². The van der Waals surface area contributed by atoms with Gasteiger partial charge in [-0.15, -0.1) is 11.3 Å². The third-order valence-corrected chi connectivity index (χ3v) is 6.21. The number of amides is 2. The molecule has 3 aromatic rings. The van der Waals surface area contributed by atoms with Crippen molar-refractivity contribution >= 4 is 46.3 Å². The van der Waals surface area contributed by atoms with Crippen LogP contribution < -0.4 is 10.6 Å². The lowest BCUT2D eigenvalue weighted by atomic mass is 9.98. The number of hydrogen-bond acceptors (Lipinski definition) is 7. The zero-order valence-electron chi connectivity index (χ0n) is 18.3. The third-order valence-electron chi connectivity index (χ3n) is 5.23. The highest BCUT2D eigenvalue weighted by molar-refractivity contribution is 7.10. The van der Waals surface area contributed by atoms with Crippen LogP contribution in [-0.2, 0) is 14.4 Å². The van der Waals surface area contributed by atoms with Crippen molar-refractivity contribution < 1.29 is 29.4 Å². The second kappa shape index (κ2) is 11.9. The summed E-state index contributed by atoms with van der Waals surface area (Å²) in [4.78, 5) is 52.2. The number of phenolic OH excluding ortho intramolecular Hbond substituents is 1. The molecule has 0 aliphatic rings. The van der Waals surface area contributed by atoms with Gasteiger partial charge < -0.3 is 25.6 Å². The van der Waals surface area contributed by atoms with E-state index in [1.807, 2.05) is 17.5 Å². The Morgan fingerprint density at radius 3 is 2.62 bits per heavy atom. The predicted octanol–water partition coefficient (Wildman–Crippen LogP) is 2.84. The van der Waals surface area contributed by atoms with E-state index in [1.165, 1.54) is 17.4 Å². The van der Waals surface area contributed by atoms with Gasteiger partial charge in [-0.3, -0.25) is 14.4 Å². The maximum absolute atomic E-state index is 12.7. The number of thiophene rings is 1. The lowest BCUT2D eigenvalue weighted by molar-refractivity contribution is -0.138. The number of para-hydroxylation sites is 1. The molecule has 3 rings (SSSR count). The number of pyridine rings is 1. The second-order valence-electron chi connectivity index (χ2n) is 7.71. The molecular formula is C24H25N3O6S. The molecule has 4 N–H and O–H groups in total. The fraction of sp³-hybridized carbons (Fsp3) is 0.292. The number of aliphatic carboxylic acids is 1. The summed E-state index contributed by atoms with van der Waals surface area (Å²) in [6, 6.07) is 10.9. The standard InChI is InChI=1S/C24H25N3O6S/c28-14-16(13-21(30)31)26-23(32)17(20-8-4-12-34-20)6-1-2-11-25-24(33)18-10-9-15-5-3-7-19(29)22(15)27-18/h3-5,7-10,12,14,16-17,29H,1-2,6,11,13H2,(H,25,33)(H,26,32)(H,30,31)/t16-,17-/m0/s1. The Labute approximate surface area is 199 Å². The van der Waals surface area contributed by atoms with Crippen molar-refractivity contribution in [3.63, 3.8) is 0 Å². The highest BCUT2D eigenvalue weighted by Crippen LogP contribution is 2.27. The Morgan fingerprint density at radius 2 is 1.91 bits per heavy atom. The van der Waals surface area contributed by atoms with E-state index in [-0.39, 0.29) is 17.4 Å². The van der Waals surface area contributed by atoms with Gasteiger partial charge in [-0.05, 0) is 36.4 Å². The summed E-state index contributed by atoms with van der Waals surface area (Å²) in [5.41, 5.74) is 0.555. The molecule has 9 nitrogen and oxygen atoms in total. The molecule has 2 atom stereocenters. The van der Waals surface area contributed by atoms with E-state index in [2.05, 4.69) is 15.6 Å². The van der Waals surface area contributed by atoms with Crippen molar-refractivity contribution in [2.24, 2.45) is 0 Å². The quantitative estimate of drug-likeness (QED) is 0.229. The van der Waals surface area contributed by atoms with Crippen LogP contribution in [0.4, 0.5) is 0 Å². The summed E-state index contributed by atoms with van der Waals surface area (Å²) in [5, 5.41) is 26.7. The number of carboxylic acid groups (broad SMARTS) is 1. The van der Waals surface area contributed by atoms with Gasteiger partial charge in [0.1, 0.15) is 23.2 Å². The zero-order valence-corrected chi connectivity index (χ0v) is 19.1. The minimum absolute atomic E-state index is 0.00483. The van der Waals surface area contributed by atoms with Crippen molar-refractivity contribution in [1.29, 1.82) is 0 Å². The van der Waals surface area contributed by atoms with Gasteiger partial charge in [0.05, 0.1) is 18.4 Å². The highest BCUT2D eigenvalue weighted by atomic mass is 32.1. The molecule has 0 aliphatic carbocycles. The Balaban J connectivity index is 1.52. The number of nitrogens with one attached hydrogen (secondary N) is 2. The van der Waals surface area contributed by atoms with Gasteiger partial charge in [-0.25, -0.2) is 4.98 Å². The normalized spacial score (nSPS) is 12.6. The largest absolute Gasteiger partial charge is 0.506 e. The maximum atomic E-state index is 12.7. The van der Waals surface area contributed by atoms with Crippen molar-refractivity contribution in [1.82, 2.24) is 15.6 Å². The molecule has 2 aromatic heterocycles. The topological polar surface area (TPSA) is 146 Å². The first kappa shape index (κ1) is 24.8. The smallest absolute Gasteiger partial charge is 0.305 e. The number of carboxylic acids is 1. The van der Waals surface area contributed by atoms with E-state index < -0.39 is 30.3 Å². The Hall–Kier alpha value is -3.79. The summed E-state index contributed by atoms with van der Waals surface area (Å²) in [6.45, 7) is 0.369. The molecule has 0 bridgehead atoms. The van der Waals surface area contributed by atoms with Gasteiger partial charge >= 0.3 is 5.97 Å². The van der Waals surface area contributed by atoms with Crippen LogP contribution in [0.5, 0.6) is 5.75 Å². The molecule has 10 heteroatoms. The molecule has 2 heterocycles. The van der Waals surface area contributed by atoms with Crippen LogP contribution in [0, 0.1) is 0 Å². The monoisotopic (exact) mass is 483 g/mol. The molecule has 34 heavy (non-hydrogen) atoms. The summed E-state index contributed by atoms with van der Waals surface area (Å²) >= 11 is 1.41. The van der Waals surface area contributed by atoms with Crippen molar-refractivity contribution in [3.8, 4) is 5.75 Å². The number of phenols is 1. The predicted molar refractivity (Wildman–Crippen MR) is 127 cm³/mol. The first-order chi connectivity index (χ1) is 16.4. The number of carbonyl (C=O) groups is 4. The molecule has 0 saturated carbocycles. The second-order valence-corrected chi connectivity index (χ2v) is 8.69. The van der Waals surface area contributed by atoms with E-state index in [1.54, 1.807) is 24.3 Å². The van der Waals surface area contributed by atoms with Crippen LogP contribution in [0.2, 0.25) is 0 Å². The van der Waals surface area contributed by atoms with Gasteiger partial charge in [-0.1, -0.05) is 30.7 Å². The third kappa shape index (κ3) is 6.61. The number of hydrogen-bond donors (Lipinski definition) is 4. The van der Waals surface area contributed by atoms with Crippen LogP contribution in [0.25, 0.3) is 10.9 Å². The van der Waals surface area contributed by atoms with Crippen LogP contribution >= 0.6 is 11.3 Å². The van der Waals surface area contributed by atoms with E-state index in [0.717, 1.165) is 10.3 Å². The van der Waals surface area contributed by atoms with Gasteiger partial charge in [0, 0.05) is 16.8 Å². The number of nitrogens with zero attached hydrogens (tertiary/aromatic N) is 1. The Kier molecular flexibility index (Phi) is 8.69. The zero-order chi connectivity index (χ0) is 24.5. The van der Waals surface area contributed by atoms with Crippen LogP contribution in [0.3, 0.4) is 0 Å². The minimum atomic E-state index is -1.17. The summed E-state index contributed by atoms with van der Waals surface area (Å²) in [7, 11) is 0. The van der Waals surface area contributed by atoms with Gasteiger partial charge in [-0.2, -0.15) is 0 Å². The van der Waals surface area contributed by atoms with Crippen LogP contribution in [0.15, 0.2) is 47.8 Å². The fourth-order valence-corrected chi connectivity index (χ4v) is 4.38. The number of unbranched alkanes of at least 4 members (excludes halogenated alkanes) is 1. The number of aromatic hydroxyl groups is 1. The molecule has 178 valence electrons. The molecule has 0 saturated heterocycles. The maximum Gasteiger partial charge on any atom is 0.305 e. The minimum Gasteiger partial charge on any atom is -0.506 e. The molecule has 0 spiro atoms. The van der Waals surface area contributed by atoms with Crippen LogP contribution in [0.1, 0.15) is 47.0 Å². The first-order valence-corrected chi connectivity index (χ1v) is 11.6. The molecule has 0 fully saturated rings. The summed E-state index contributed by atoms with van der Waals surface area (Å²) in [5.74, 6) is -2.44. The number of fused-ring (bicyclic) bond motifs is 1. The molecule has 1 aromatic carbocycles. The SMILES string of the molecule is O=C[C@H](CC(=O)O)NC(=O)[C@@H](CCCCNC(=O)c1ccc2cccc(O)c2n1)c1cccs1. The molecule has 0 radical (unpaired) electrons. The van der Waals surface area contributed by atoms with Crippen LogP contribution in [-0.4, -0.2) is 51.9 Å². The number of rotatable bonds is 12. The highest BCUT2D eigenvalue weighted by Gasteiger charge is 2.24. The van der Waals surface area contributed by atoms with E-state index in [9.17, 15) is 24.3 Å².